The van der Waals surface area contributed by atoms with Gasteiger partial charge in [0.05, 0.1) is 23.8 Å². The van der Waals surface area contributed by atoms with E-state index in [0.717, 1.165) is 38.6 Å². The molecule has 6 heteroatoms. The van der Waals surface area contributed by atoms with Gasteiger partial charge in [-0.25, -0.2) is 5.43 Å². The van der Waals surface area contributed by atoms with Gasteiger partial charge < -0.3 is 0 Å². The van der Waals surface area contributed by atoms with Crippen molar-refractivity contribution < 1.29 is 14.4 Å². The summed E-state index contributed by atoms with van der Waals surface area (Å²) >= 11 is 0. The summed E-state index contributed by atoms with van der Waals surface area (Å²) in [5.74, 6) is -2.20. The van der Waals surface area contributed by atoms with Crippen molar-refractivity contribution >= 4 is 34.7 Å². The molecule has 3 aliphatic carbocycles. The average molecular weight is 562 g/mol. The summed E-state index contributed by atoms with van der Waals surface area (Å²) in [6, 6.07) is 39.0. The first-order valence-electron chi connectivity index (χ1n) is 14.5. The third kappa shape index (κ3) is 3.59. The number of imide groups is 1. The van der Waals surface area contributed by atoms with Crippen molar-refractivity contribution in [3.05, 3.63) is 155 Å². The fourth-order valence-corrected chi connectivity index (χ4v) is 7.71. The number of carbonyl (C=O) groups is 3. The number of nitrogens with one attached hydrogen (secondary N) is 1. The lowest BCUT2D eigenvalue weighted by molar-refractivity contribution is -0.140. The minimum Gasteiger partial charge on any atom is -0.278 e. The molecular weight excluding hydrogens is 534 g/mol. The summed E-state index contributed by atoms with van der Waals surface area (Å²) in [6.45, 7) is 0.218. The van der Waals surface area contributed by atoms with E-state index in [9.17, 15) is 14.4 Å². The van der Waals surface area contributed by atoms with Crippen molar-refractivity contribution in [3.63, 3.8) is 0 Å². The highest BCUT2D eigenvalue weighted by molar-refractivity contribution is 6.11. The van der Waals surface area contributed by atoms with Crippen LogP contribution in [0.2, 0.25) is 0 Å². The number of hydrogen-bond donors (Lipinski definition) is 1. The minimum atomic E-state index is -1.03. The van der Waals surface area contributed by atoms with E-state index in [-0.39, 0.29) is 30.2 Å². The molecule has 208 valence electrons. The molecule has 43 heavy (non-hydrogen) atoms. The van der Waals surface area contributed by atoms with Crippen molar-refractivity contribution in [3.8, 4) is 0 Å². The first-order valence-corrected chi connectivity index (χ1v) is 14.5. The zero-order chi connectivity index (χ0) is 29.1. The van der Waals surface area contributed by atoms with E-state index < -0.39 is 17.3 Å². The SMILES string of the molecule is O=C(N/N=C\C12c3ccccc3C(c3ccccc31)[C@H]1C(=O)N(Cc3ccccc3)C(=O)[C@@H]12)c1cccc2ccccc12. The highest BCUT2D eigenvalue weighted by Crippen LogP contribution is 2.63. The van der Waals surface area contributed by atoms with Crippen LogP contribution in [-0.4, -0.2) is 28.8 Å². The zero-order valence-corrected chi connectivity index (χ0v) is 23.2. The molecule has 1 aliphatic heterocycles. The molecule has 9 rings (SSSR count). The molecule has 5 aromatic rings. The second-order valence-corrected chi connectivity index (χ2v) is 11.5. The molecule has 6 nitrogen and oxygen atoms in total. The van der Waals surface area contributed by atoms with E-state index in [1.165, 1.54) is 4.90 Å². The second-order valence-electron chi connectivity index (χ2n) is 11.5. The Kier molecular flexibility index (Phi) is 5.66. The molecule has 4 aliphatic rings. The Balaban J connectivity index is 1.26. The summed E-state index contributed by atoms with van der Waals surface area (Å²) in [4.78, 5) is 43.4. The van der Waals surface area contributed by atoms with Crippen LogP contribution in [0.25, 0.3) is 10.8 Å². The van der Waals surface area contributed by atoms with Gasteiger partial charge in [-0.15, -0.1) is 0 Å². The van der Waals surface area contributed by atoms with E-state index in [4.69, 9.17) is 0 Å². The molecule has 0 aromatic heterocycles. The number of nitrogens with zero attached hydrogens (tertiary/aromatic N) is 2. The molecule has 1 fully saturated rings. The van der Waals surface area contributed by atoms with Gasteiger partial charge in [-0.1, -0.05) is 115 Å². The molecule has 1 saturated heterocycles. The van der Waals surface area contributed by atoms with Gasteiger partial charge in [0.2, 0.25) is 11.8 Å². The number of amides is 3. The van der Waals surface area contributed by atoms with Crippen molar-refractivity contribution in [2.75, 3.05) is 0 Å². The van der Waals surface area contributed by atoms with Gasteiger partial charge in [0.25, 0.3) is 5.91 Å². The van der Waals surface area contributed by atoms with Crippen LogP contribution in [0.4, 0.5) is 0 Å². The van der Waals surface area contributed by atoms with Crippen molar-refractivity contribution in [1.29, 1.82) is 0 Å². The fourth-order valence-electron chi connectivity index (χ4n) is 7.71. The van der Waals surface area contributed by atoms with Gasteiger partial charge in [0.15, 0.2) is 0 Å². The van der Waals surface area contributed by atoms with Gasteiger partial charge in [-0.2, -0.15) is 5.10 Å². The normalized spacial score (nSPS) is 23.3. The molecule has 1 N–H and O–H groups in total. The number of hydrazone groups is 1. The van der Waals surface area contributed by atoms with Crippen LogP contribution in [0.1, 0.15) is 44.1 Å². The van der Waals surface area contributed by atoms with E-state index in [1.54, 1.807) is 12.3 Å². The largest absolute Gasteiger partial charge is 0.278 e. The molecule has 0 radical (unpaired) electrons. The molecule has 1 heterocycles. The van der Waals surface area contributed by atoms with Gasteiger partial charge in [-0.05, 0) is 44.7 Å². The van der Waals surface area contributed by atoms with Crippen molar-refractivity contribution in [2.24, 2.45) is 16.9 Å². The first kappa shape index (κ1) is 25.4. The monoisotopic (exact) mass is 561 g/mol. The Labute approximate surface area is 248 Å². The summed E-state index contributed by atoms with van der Waals surface area (Å²) in [5, 5.41) is 6.36. The van der Waals surface area contributed by atoms with Crippen LogP contribution in [0.15, 0.2) is 126 Å². The Bertz CT molecular complexity index is 1930. The van der Waals surface area contributed by atoms with E-state index in [0.29, 0.717) is 5.56 Å². The maximum atomic E-state index is 14.4. The topological polar surface area (TPSA) is 78.8 Å². The third-order valence-corrected chi connectivity index (χ3v) is 9.43. The lowest BCUT2D eigenvalue weighted by atomic mass is 9.47. The van der Waals surface area contributed by atoms with Gasteiger partial charge in [0.1, 0.15) is 0 Å². The number of carbonyl (C=O) groups excluding carboxylic acids is 3. The smallest absolute Gasteiger partial charge is 0.271 e. The minimum absolute atomic E-state index is 0.162. The number of benzene rings is 5. The lowest BCUT2D eigenvalue weighted by Crippen LogP contribution is -2.54. The maximum absolute atomic E-state index is 14.4. The van der Waals surface area contributed by atoms with E-state index in [1.807, 2.05) is 103 Å². The molecule has 0 unspecified atom stereocenters. The fraction of sp³-hybridized carbons (Fsp3) is 0.135. The Morgan fingerprint density at radius 1 is 0.744 bits per heavy atom. The van der Waals surface area contributed by atoms with Crippen LogP contribution < -0.4 is 5.43 Å². The van der Waals surface area contributed by atoms with Crippen LogP contribution >= 0.6 is 0 Å². The Morgan fingerprint density at radius 3 is 2.12 bits per heavy atom. The molecule has 5 aromatic carbocycles. The Morgan fingerprint density at radius 2 is 1.37 bits per heavy atom. The van der Waals surface area contributed by atoms with E-state index in [2.05, 4.69) is 22.7 Å². The highest BCUT2D eigenvalue weighted by atomic mass is 16.2. The van der Waals surface area contributed by atoms with Gasteiger partial charge in [-0.3, -0.25) is 19.3 Å². The third-order valence-electron chi connectivity index (χ3n) is 9.43. The maximum Gasteiger partial charge on any atom is 0.271 e. The lowest BCUT2D eigenvalue weighted by Gasteiger charge is -2.52. The summed E-state index contributed by atoms with van der Waals surface area (Å²) in [5.41, 5.74) is 7.09. The predicted octanol–water partition coefficient (Wildman–Crippen LogP) is 5.80. The molecule has 0 spiro atoms. The van der Waals surface area contributed by atoms with Crippen LogP contribution in [0.5, 0.6) is 0 Å². The molecule has 3 amide bonds. The molecule has 2 bridgehead atoms. The number of likely N-dealkylation sites (tertiary alicyclic amines) is 1. The number of rotatable bonds is 5. The van der Waals surface area contributed by atoms with Crippen molar-refractivity contribution in [1.82, 2.24) is 10.3 Å². The van der Waals surface area contributed by atoms with Crippen LogP contribution in [0, 0.1) is 11.8 Å². The zero-order valence-electron chi connectivity index (χ0n) is 23.2. The number of hydrogen-bond acceptors (Lipinski definition) is 4. The summed E-state index contributed by atoms with van der Waals surface area (Å²) in [7, 11) is 0. The van der Waals surface area contributed by atoms with Gasteiger partial charge >= 0.3 is 0 Å². The standard InChI is InChI=1S/C37H27N3O3/c41-34(26-18-10-14-24-13-4-5-15-25(24)26)39-38-22-37-29-19-8-6-16-27(29)31(28-17-7-9-20-30(28)37)32-33(37)36(43)40(35(32)42)21-23-11-2-1-3-12-23/h1-20,22,31-33H,21H2,(H,39,41)/b38-22-/t31?,32-,33-,37?/m1/s1. The summed E-state index contributed by atoms with van der Waals surface area (Å²) in [6.07, 6.45) is 1.71. The quantitative estimate of drug-likeness (QED) is 0.167. The van der Waals surface area contributed by atoms with Crippen molar-refractivity contribution in [2.45, 2.75) is 17.9 Å². The van der Waals surface area contributed by atoms with Gasteiger partial charge in [0, 0.05) is 17.7 Å². The number of fused-ring (bicyclic) bond motifs is 1. The summed E-state index contributed by atoms with van der Waals surface area (Å²) < 4.78 is 0. The highest BCUT2D eigenvalue weighted by Gasteiger charge is 2.67. The molecular formula is C37H27N3O3. The van der Waals surface area contributed by atoms with E-state index >= 15 is 0 Å². The molecule has 2 atom stereocenters. The molecule has 0 saturated carbocycles. The first-order chi connectivity index (χ1) is 21.1. The van der Waals surface area contributed by atoms with Crippen LogP contribution in [-0.2, 0) is 21.5 Å². The van der Waals surface area contributed by atoms with Crippen LogP contribution in [0.3, 0.4) is 0 Å². The second kappa shape index (κ2) is 9.60. The average Bonchev–Trinajstić information content (AvgIpc) is 3.31. The predicted molar refractivity (Wildman–Crippen MR) is 164 cm³/mol. The Hall–Kier alpha value is -5.36.